The van der Waals surface area contributed by atoms with Gasteiger partial charge in [0.25, 0.3) is 0 Å². The highest BCUT2D eigenvalue weighted by Gasteiger charge is 2.24. The first kappa shape index (κ1) is 17.9. The van der Waals surface area contributed by atoms with Crippen molar-refractivity contribution in [1.82, 2.24) is 19.1 Å². The summed E-state index contributed by atoms with van der Waals surface area (Å²) >= 11 is 0. The first-order valence-corrected chi connectivity index (χ1v) is 9.43. The molecule has 29 heavy (non-hydrogen) atoms. The molecule has 5 rings (SSSR count). The lowest BCUT2D eigenvalue weighted by atomic mass is 10.0. The fourth-order valence-electron chi connectivity index (χ4n) is 4.07. The maximum absolute atomic E-state index is 14.8. The van der Waals surface area contributed by atoms with E-state index in [1.807, 2.05) is 0 Å². The monoisotopic (exact) mass is 396 g/mol. The van der Waals surface area contributed by atoms with Crippen molar-refractivity contribution in [2.24, 2.45) is 7.05 Å². The van der Waals surface area contributed by atoms with E-state index in [2.05, 4.69) is 9.97 Å². The van der Waals surface area contributed by atoms with Gasteiger partial charge in [-0.25, -0.2) is 14.2 Å². The van der Waals surface area contributed by atoms with Crippen LogP contribution < -0.4 is 5.69 Å². The molecule has 3 aromatic heterocycles. The molecule has 0 spiro atoms. The predicted molar refractivity (Wildman–Crippen MR) is 105 cm³/mol. The lowest BCUT2D eigenvalue weighted by molar-refractivity contribution is 0.0593. The van der Waals surface area contributed by atoms with Gasteiger partial charge in [0.2, 0.25) is 5.95 Å². The van der Waals surface area contributed by atoms with E-state index in [1.165, 1.54) is 24.4 Å². The van der Waals surface area contributed by atoms with Crippen molar-refractivity contribution in [2.75, 3.05) is 13.2 Å². The maximum atomic E-state index is 14.8. The average molecular weight is 396 g/mol. The molecule has 4 aromatic rings. The first-order valence-electron chi connectivity index (χ1n) is 9.43. The van der Waals surface area contributed by atoms with Gasteiger partial charge >= 0.3 is 5.69 Å². The third-order valence-electron chi connectivity index (χ3n) is 5.54. The van der Waals surface area contributed by atoms with Crippen LogP contribution in [0.15, 0.2) is 41.5 Å². The van der Waals surface area contributed by atoms with Gasteiger partial charge in [-0.05, 0) is 31.0 Å². The Morgan fingerprint density at radius 2 is 2.03 bits per heavy atom. The minimum atomic E-state index is -0.631. The highest BCUT2D eigenvalue weighted by molar-refractivity contribution is 6.04. The van der Waals surface area contributed by atoms with E-state index >= 15 is 0 Å². The molecule has 148 valence electrons. The Hall–Kier alpha value is -3.13. The third kappa shape index (κ3) is 2.82. The quantitative estimate of drug-likeness (QED) is 0.486. The van der Waals surface area contributed by atoms with Gasteiger partial charge in [0, 0.05) is 42.4 Å². The summed E-state index contributed by atoms with van der Waals surface area (Å²) in [6, 6.07) is 5.58. The Kier molecular flexibility index (Phi) is 4.16. The molecule has 1 fully saturated rings. The summed E-state index contributed by atoms with van der Waals surface area (Å²) < 4.78 is 36.9. The molecule has 0 amide bonds. The second kappa shape index (κ2) is 6.73. The summed E-state index contributed by atoms with van der Waals surface area (Å²) in [6.45, 7) is 1.14. The molecule has 1 aliphatic heterocycles. The number of halogens is 2. The molecule has 1 saturated heterocycles. The highest BCUT2D eigenvalue weighted by atomic mass is 19.1. The molecule has 0 bridgehead atoms. The van der Waals surface area contributed by atoms with Gasteiger partial charge < -0.3 is 4.74 Å². The Morgan fingerprint density at radius 3 is 2.76 bits per heavy atom. The lowest BCUT2D eigenvalue weighted by Crippen LogP contribution is -2.31. The zero-order chi connectivity index (χ0) is 20.1. The van der Waals surface area contributed by atoms with E-state index in [9.17, 15) is 13.6 Å². The minimum absolute atomic E-state index is 0.0912. The number of hydrogen-bond acceptors (Lipinski definition) is 4. The molecule has 1 aromatic carbocycles. The fraction of sp³-hybridized carbons (Fsp3) is 0.286. The number of nitrogens with zero attached hydrogens (tertiary/aromatic N) is 4. The van der Waals surface area contributed by atoms with Crippen molar-refractivity contribution < 1.29 is 13.5 Å². The van der Waals surface area contributed by atoms with Crippen LogP contribution in [0.25, 0.3) is 33.1 Å². The Labute approximate surface area is 164 Å². The maximum Gasteiger partial charge on any atom is 0.329 e. The first-order chi connectivity index (χ1) is 14.0. The number of benzene rings is 1. The number of ether oxygens (including phenoxy) is 1. The van der Waals surface area contributed by atoms with Gasteiger partial charge in [-0.1, -0.05) is 0 Å². The Morgan fingerprint density at radius 1 is 1.17 bits per heavy atom. The second-order valence-corrected chi connectivity index (χ2v) is 7.29. The van der Waals surface area contributed by atoms with Crippen molar-refractivity contribution in [3.8, 4) is 11.1 Å². The molecule has 8 heteroatoms. The fourth-order valence-corrected chi connectivity index (χ4v) is 4.07. The molecular formula is C21H18F2N4O2. The van der Waals surface area contributed by atoms with Gasteiger partial charge in [0.05, 0.1) is 35.4 Å². The van der Waals surface area contributed by atoms with Crippen LogP contribution in [0.5, 0.6) is 0 Å². The van der Waals surface area contributed by atoms with Gasteiger partial charge in [0.1, 0.15) is 5.82 Å². The Bertz CT molecular complexity index is 1290. The summed E-state index contributed by atoms with van der Waals surface area (Å²) in [5, 5.41) is 0.659. The minimum Gasteiger partial charge on any atom is -0.379 e. The normalized spacial score (nSPS) is 17.3. The van der Waals surface area contributed by atoms with Crippen LogP contribution in [0.1, 0.15) is 18.9 Å². The van der Waals surface area contributed by atoms with Crippen LogP contribution in [-0.4, -0.2) is 32.3 Å². The van der Waals surface area contributed by atoms with Crippen molar-refractivity contribution in [3.05, 3.63) is 58.9 Å². The van der Waals surface area contributed by atoms with E-state index < -0.39 is 11.8 Å². The zero-order valence-corrected chi connectivity index (χ0v) is 15.7. The molecule has 6 nitrogen and oxygen atoms in total. The van der Waals surface area contributed by atoms with Gasteiger partial charge in [-0.3, -0.25) is 14.1 Å². The summed E-state index contributed by atoms with van der Waals surface area (Å²) in [4.78, 5) is 21.0. The van der Waals surface area contributed by atoms with Crippen molar-refractivity contribution in [2.45, 2.75) is 18.9 Å². The topological polar surface area (TPSA) is 61.9 Å². The predicted octanol–water partition coefficient (Wildman–Crippen LogP) is 3.58. The molecule has 0 radical (unpaired) electrons. The van der Waals surface area contributed by atoms with Crippen LogP contribution in [0.3, 0.4) is 0 Å². The van der Waals surface area contributed by atoms with Gasteiger partial charge in [-0.2, -0.15) is 4.39 Å². The molecule has 1 atom stereocenters. The van der Waals surface area contributed by atoms with E-state index in [0.717, 1.165) is 12.8 Å². The summed E-state index contributed by atoms with van der Waals surface area (Å²) in [5.74, 6) is -1.11. The smallest absolute Gasteiger partial charge is 0.329 e. The van der Waals surface area contributed by atoms with Crippen molar-refractivity contribution >= 4 is 21.9 Å². The largest absolute Gasteiger partial charge is 0.379 e. The second-order valence-electron chi connectivity index (χ2n) is 7.29. The number of aryl methyl sites for hydroxylation is 1. The van der Waals surface area contributed by atoms with Crippen LogP contribution >= 0.6 is 0 Å². The zero-order valence-electron chi connectivity index (χ0n) is 15.7. The van der Waals surface area contributed by atoms with Gasteiger partial charge in [-0.15, -0.1) is 0 Å². The standard InChI is InChI=1S/C21H18F2N4O2/c1-26-18-10-24-17-8-16(22)14(12-4-5-19(23)25-9-12)7-15(17)20(18)27(21(26)28)13-3-2-6-29-11-13/h4-5,7-10,13H,2-3,6,11H2,1H3/t13-/m1/s1. The molecule has 0 N–H and O–H groups in total. The lowest BCUT2D eigenvalue weighted by Gasteiger charge is -2.23. The average Bonchev–Trinajstić information content (AvgIpc) is 2.99. The number of imidazole rings is 1. The summed E-state index contributed by atoms with van der Waals surface area (Å²) in [5.41, 5.74) is 2.40. The number of rotatable bonds is 2. The third-order valence-corrected chi connectivity index (χ3v) is 5.54. The highest BCUT2D eigenvalue weighted by Crippen LogP contribution is 2.32. The van der Waals surface area contributed by atoms with E-state index in [0.29, 0.717) is 40.7 Å². The summed E-state index contributed by atoms with van der Waals surface area (Å²) in [6.07, 6.45) is 4.59. The van der Waals surface area contributed by atoms with Crippen LogP contribution in [-0.2, 0) is 11.8 Å². The van der Waals surface area contributed by atoms with E-state index in [-0.39, 0.29) is 17.3 Å². The van der Waals surface area contributed by atoms with Crippen LogP contribution in [0.4, 0.5) is 8.78 Å². The van der Waals surface area contributed by atoms with Crippen molar-refractivity contribution in [3.63, 3.8) is 0 Å². The molecule has 0 unspecified atom stereocenters. The molecule has 1 aliphatic rings. The van der Waals surface area contributed by atoms with E-state index in [1.54, 1.807) is 28.4 Å². The molecular weight excluding hydrogens is 378 g/mol. The van der Waals surface area contributed by atoms with Gasteiger partial charge in [0.15, 0.2) is 0 Å². The summed E-state index contributed by atoms with van der Waals surface area (Å²) in [7, 11) is 1.70. The molecule has 0 aliphatic carbocycles. The Balaban J connectivity index is 1.83. The number of pyridine rings is 2. The molecule has 0 saturated carbocycles. The number of aromatic nitrogens is 4. The molecule has 4 heterocycles. The SMILES string of the molecule is Cn1c(=O)n([C@@H]2CCCOC2)c2c3cc(-c4ccc(F)nc4)c(F)cc3ncc21. The number of hydrogen-bond donors (Lipinski definition) is 0. The van der Waals surface area contributed by atoms with Crippen LogP contribution in [0, 0.1) is 11.8 Å². The number of fused-ring (bicyclic) bond motifs is 3. The van der Waals surface area contributed by atoms with E-state index in [4.69, 9.17) is 4.74 Å². The van der Waals surface area contributed by atoms with Crippen molar-refractivity contribution in [1.29, 1.82) is 0 Å². The van der Waals surface area contributed by atoms with Crippen LogP contribution in [0.2, 0.25) is 0 Å².